The number of benzene rings is 2. The van der Waals surface area contributed by atoms with Crippen molar-refractivity contribution in [2.24, 2.45) is 0 Å². The number of alkyl halides is 2. The topological polar surface area (TPSA) is 82.1 Å². The number of imide groups is 1. The molecule has 164 valence electrons. The Kier molecular flexibility index (Phi) is 7.17. The maximum absolute atomic E-state index is 12.5. The van der Waals surface area contributed by atoms with E-state index < -0.39 is 12.6 Å². The first-order chi connectivity index (χ1) is 14.9. The number of rotatable bonds is 10. The number of carbonyl (C=O) groups is 3. The monoisotopic (exact) mass is 433 g/mol. The second-order valence-corrected chi connectivity index (χ2v) is 6.66. The molecule has 0 radical (unpaired) electrons. The van der Waals surface area contributed by atoms with Crippen LogP contribution in [0.1, 0.15) is 46.0 Å². The summed E-state index contributed by atoms with van der Waals surface area (Å²) in [5, 5.41) is 0. The lowest BCUT2D eigenvalue weighted by Crippen LogP contribution is -2.31. The predicted molar refractivity (Wildman–Crippen MR) is 105 cm³/mol. The number of amides is 2. The fraction of sp³-hybridized carbons (Fsp3) is 0.318. The third-order valence-electron chi connectivity index (χ3n) is 4.56. The molecule has 0 saturated carbocycles. The molecule has 1 aliphatic rings. The van der Waals surface area contributed by atoms with E-state index in [9.17, 15) is 23.2 Å². The molecule has 0 N–H and O–H groups in total. The van der Waals surface area contributed by atoms with Gasteiger partial charge in [0.05, 0.1) is 17.7 Å². The van der Waals surface area contributed by atoms with Crippen LogP contribution in [0.2, 0.25) is 0 Å². The summed E-state index contributed by atoms with van der Waals surface area (Å²) in [4.78, 5) is 37.7. The second-order valence-electron chi connectivity index (χ2n) is 6.66. The maximum Gasteiger partial charge on any atom is 0.387 e. The fourth-order valence-electron chi connectivity index (χ4n) is 3.16. The van der Waals surface area contributed by atoms with Crippen LogP contribution in [0.4, 0.5) is 8.78 Å². The molecule has 2 aromatic carbocycles. The lowest BCUT2D eigenvalue weighted by atomic mass is 10.1. The largest absolute Gasteiger partial charge is 0.490 e. The quantitative estimate of drug-likeness (QED) is 0.419. The summed E-state index contributed by atoms with van der Waals surface area (Å²) in [7, 11) is 0. The molecule has 0 spiro atoms. The first-order valence-electron chi connectivity index (χ1n) is 9.72. The molecule has 7 nitrogen and oxygen atoms in total. The van der Waals surface area contributed by atoms with Gasteiger partial charge < -0.3 is 14.2 Å². The van der Waals surface area contributed by atoms with Crippen LogP contribution >= 0.6 is 0 Å². The van der Waals surface area contributed by atoms with Crippen LogP contribution in [0, 0.1) is 0 Å². The van der Waals surface area contributed by atoms with E-state index >= 15 is 0 Å². The summed E-state index contributed by atoms with van der Waals surface area (Å²) < 4.78 is 39.8. The molecule has 0 aliphatic carbocycles. The van der Waals surface area contributed by atoms with Crippen molar-refractivity contribution in [3.8, 4) is 11.5 Å². The fourth-order valence-corrected chi connectivity index (χ4v) is 3.16. The highest BCUT2D eigenvalue weighted by atomic mass is 19.3. The summed E-state index contributed by atoms with van der Waals surface area (Å²) >= 11 is 0. The molecule has 1 aliphatic heterocycles. The molecule has 0 unspecified atom stereocenters. The van der Waals surface area contributed by atoms with Crippen LogP contribution in [0.15, 0.2) is 42.5 Å². The summed E-state index contributed by atoms with van der Waals surface area (Å²) in [5.74, 6) is -1.23. The van der Waals surface area contributed by atoms with Crippen LogP contribution < -0.4 is 9.47 Å². The van der Waals surface area contributed by atoms with E-state index in [-0.39, 0.29) is 55.9 Å². The Morgan fingerprint density at radius 3 is 2.32 bits per heavy atom. The summed E-state index contributed by atoms with van der Waals surface area (Å²) in [6, 6.07) is 10.8. The van der Waals surface area contributed by atoms with Gasteiger partial charge in [-0.05, 0) is 43.2 Å². The van der Waals surface area contributed by atoms with Gasteiger partial charge in [0.25, 0.3) is 11.8 Å². The second kappa shape index (κ2) is 10.0. The molecule has 3 rings (SSSR count). The van der Waals surface area contributed by atoms with E-state index in [2.05, 4.69) is 4.74 Å². The van der Waals surface area contributed by atoms with Gasteiger partial charge in [0.2, 0.25) is 0 Å². The Hall–Kier alpha value is -3.49. The Balaban J connectivity index is 1.48. The van der Waals surface area contributed by atoms with Gasteiger partial charge in [0, 0.05) is 13.0 Å². The van der Waals surface area contributed by atoms with Crippen molar-refractivity contribution in [2.75, 3.05) is 13.2 Å². The van der Waals surface area contributed by atoms with Crippen molar-refractivity contribution in [1.82, 2.24) is 4.90 Å². The Morgan fingerprint density at radius 1 is 1.03 bits per heavy atom. The van der Waals surface area contributed by atoms with Crippen molar-refractivity contribution in [2.45, 2.75) is 33.0 Å². The van der Waals surface area contributed by atoms with E-state index in [1.54, 1.807) is 31.2 Å². The SMILES string of the molecule is CCOc1cc(COC(=O)CCCN2C(=O)c3ccccc3C2=O)ccc1OC(F)F. The van der Waals surface area contributed by atoms with Crippen molar-refractivity contribution >= 4 is 17.8 Å². The maximum atomic E-state index is 12.5. The van der Waals surface area contributed by atoms with Crippen LogP contribution in [-0.2, 0) is 16.1 Å². The third kappa shape index (κ3) is 5.36. The third-order valence-corrected chi connectivity index (χ3v) is 4.56. The zero-order valence-electron chi connectivity index (χ0n) is 16.8. The lowest BCUT2D eigenvalue weighted by molar-refractivity contribution is -0.145. The zero-order valence-corrected chi connectivity index (χ0v) is 16.8. The van der Waals surface area contributed by atoms with E-state index in [0.29, 0.717) is 16.7 Å². The number of halogens is 2. The molecule has 0 saturated heterocycles. The smallest absolute Gasteiger partial charge is 0.387 e. The number of carbonyl (C=O) groups excluding carboxylic acids is 3. The highest BCUT2D eigenvalue weighted by Crippen LogP contribution is 2.30. The zero-order chi connectivity index (χ0) is 22.4. The van der Waals surface area contributed by atoms with Gasteiger partial charge in [-0.1, -0.05) is 18.2 Å². The van der Waals surface area contributed by atoms with E-state index in [4.69, 9.17) is 9.47 Å². The molecule has 31 heavy (non-hydrogen) atoms. The Bertz CT molecular complexity index is 943. The van der Waals surface area contributed by atoms with Crippen LogP contribution in [0.5, 0.6) is 11.5 Å². The normalized spacial score (nSPS) is 12.8. The van der Waals surface area contributed by atoms with Crippen LogP contribution in [0.3, 0.4) is 0 Å². The minimum atomic E-state index is -2.98. The minimum absolute atomic E-state index is 0.0122. The van der Waals surface area contributed by atoms with E-state index in [1.807, 2.05) is 0 Å². The van der Waals surface area contributed by atoms with Gasteiger partial charge >= 0.3 is 12.6 Å². The van der Waals surface area contributed by atoms with Gasteiger partial charge in [-0.25, -0.2) is 0 Å². The van der Waals surface area contributed by atoms with E-state index in [0.717, 1.165) is 4.90 Å². The Labute approximate surface area is 177 Å². The molecule has 2 amide bonds. The number of ether oxygens (including phenoxy) is 3. The van der Waals surface area contributed by atoms with Crippen molar-refractivity contribution < 1.29 is 37.4 Å². The van der Waals surface area contributed by atoms with Crippen LogP contribution in [-0.4, -0.2) is 42.4 Å². The number of fused-ring (bicyclic) bond motifs is 1. The van der Waals surface area contributed by atoms with Crippen molar-refractivity contribution in [3.63, 3.8) is 0 Å². The molecule has 1 heterocycles. The molecule has 0 atom stereocenters. The Morgan fingerprint density at radius 2 is 1.71 bits per heavy atom. The van der Waals surface area contributed by atoms with Gasteiger partial charge in [0.15, 0.2) is 11.5 Å². The molecule has 0 fully saturated rings. The molecule has 0 bridgehead atoms. The number of hydrogen-bond acceptors (Lipinski definition) is 6. The molecule has 2 aromatic rings. The van der Waals surface area contributed by atoms with Crippen molar-refractivity contribution in [1.29, 1.82) is 0 Å². The summed E-state index contributed by atoms with van der Waals surface area (Å²) in [6.45, 7) is -1.00. The van der Waals surface area contributed by atoms with Gasteiger partial charge in [0.1, 0.15) is 6.61 Å². The highest BCUT2D eigenvalue weighted by Gasteiger charge is 2.34. The van der Waals surface area contributed by atoms with Crippen molar-refractivity contribution in [3.05, 3.63) is 59.2 Å². The first kappa shape index (κ1) is 22.2. The van der Waals surface area contributed by atoms with E-state index in [1.165, 1.54) is 18.2 Å². The van der Waals surface area contributed by atoms with Gasteiger partial charge in [-0.15, -0.1) is 0 Å². The van der Waals surface area contributed by atoms with Gasteiger partial charge in [-0.2, -0.15) is 8.78 Å². The number of nitrogens with zero attached hydrogens (tertiary/aromatic N) is 1. The first-order valence-corrected chi connectivity index (χ1v) is 9.72. The van der Waals surface area contributed by atoms with Gasteiger partial charge in [-0.3, -0.25) is 19.3 Å². The lowest BCUT2D eigenvalue weighted by Gasteiger charge is -2.14. The van der Waals surface area contributed by atoms with Crippen LogP contribution in [0.25, 0.3) is 0 Å². The minimum Gasteiger partial charge on any atom is -0.490 e. The summed E-state index contributed by atoms with van der Waals surface area (Å²) in [5.41, 5.74) is 1.26. The highest BCUT2D eigenvalue weighted by molar-refractivity contribution is 6.21. The predicted octanol–water partition coefficient (Wildman–Crippen LogP) is 3.81. The summed E-state index contributed by atoms with van der Waals surface area (Å²) in [6.07, 6.45) is 0.272. The molecular weight excluding hydrogens is 412 g/mol. The molecule has 0 aromatic heterocycles. The molecular formula is C22H21F2NO6. The average molecular weight is 433 g/mol. The molecule has 9 heteroatoms. The number of esters is 1. The average Bonchev–Trinajstić information content (AvgIpc) is 2.99. The standard InChI is InChI=1S/C22H21F2NO6/c1-2-29-18-12-14(9-10-17(18)31-22(23)24)13-30-19(26)8-5-11-25-20(27)15-6-3-4-7-16(15)21(25)28/h3-4,6-7,9-10,12,22H,2,5,8,11,13H2,1H3. The number of hydrogen-bond donors (Lipinski definition) is 0.